The zero-order valence-electron chi connectivity index (χ0n) is 13.3. The van der Waals surface area contributed by atoms with Gasteiger partial charge in [-0.1, -0.05) is 39.0 Å². The average Bonchev–Trinajstić information content (AvgIpc) is 3.37. The maximum Gasteiger partial charge on any atom is 0.0672 e. The predicted molar refractivity (Wildman–Crippen MR) is 83.9 cm³/mol. The molecule has 1 aliphatic heterocycles. The van der Waals surface area contributed by atoms with E-state index in [1.807, 2.05) is 0 Å². The first kappa shape index (κ1) is 14.8. The van der Waals surface area contributed by atoms with E-state index in [4.69, 9.17) is 4.74 Å². The van der Waals surface area contributed by atoms with E-state index in [0.29, 0.717) is 11.5 Å². The van der Waals surface area contributed by atoms with Crippen LogP contribution in [0.1, 0.15) is 77.6 Å². The van der Waals surface area contributed by atoms with Crippen LogP contribution in [0.2, 0.25) is 0 Å². The average molecular weight is 279 g/mol. The molecule has 3 fully saturated rings. The van der Waals surface area contributed by atoms with Gasteiger partial charge < -0.3 is 10.1 Å². The van der Waals surface area contributed by atoms with Gasteiger partial charge in [0.2, 0.25) is 0 Å². The molecule has 0 amide bonds. The quantitative estimate of drug-likeness (QED) is 0.603. The lowest BCUT2D eigenvalue weighted by molar-refractivity contribution is 0.0251. The van der Waals surface area contributed by atoms with Gasteiger partial charge in [-0.2, -0.15) is 0 Å². The molecule has 0 aromatic rings. The largest absolute Gasteiger partial charge is 0.377 e. The second-order valence-corrected chi connectivity index (χ2v) is 7.56. The lowest BCUT2D eigenvalue weighted by atomic mass is 9.74. The SMILES string of the molecule is CCCCCCCC1(CNC2CC2)CCOC1C1CC1. The third kappa shape index (κ3) is 3.76. The summed E-state index contributed by atoms with van der Waals surface area (Å²) in [5, 5.41) is 3.82. The monoisotopic (exact) mass is 279 g/mol. The molecule has 3 aliphatic rings. The molecule has 0 bridgehead atoms. The summed E-state index contributed by atoms with van der Waals surface area (Å²) in [5.41, 5.74) is 0.482. The van der Waals surface area contributed by atoms with Crippen molar-refractivity contribution in [2.75, 3.05) is 13.2 Å². The number of ether oxygens (including phenoxy) is 1. The Morgan fingerprint density at radius 3 is 2.55 bits per heavy atom. The van der Waals surface area contributed by atoms with Crippen molar-refractivity contribution in [3.63, 3.8) is 0 Å². The van der Waals surface area contributed by atoms with Crippen LogP contribution in [0.5, 0.6) is 0 Å². The van der Waals surface area contributed by atoms with Crippen LogP contribution in [-0.4, -0.2) is 25.3 Å². The summed E-state index contributed by atoms with van der Waals surface area (Å²) in [5.74, 6) is 0.897. The van der Waals surface area contributed by atoms with Gasteiger partial charge in [-0.05, 0) is 44.4 Å². The van der Waals surface area contributed by atoms with E-state index in [1.54, 1.807) is 0 Å². The summed E-state index contributed by atoms with van der Waals surface area (Å²) in [7, 11) is 0. The minimum Gasteiger partial charge on any atom is -0.377 e. The van der Waals surface area contributed by atoms with E-state index in [9.17, 15) is 0 Å². The number of nitrogens with one attached hydrogen (secondary N) is 1. The van der Waals surface area contributed by atoms with E-state index in [-0.39, 0.29) is 0 Å². The number of hydrogen-bond acceptors (Lipinski definition) is 2. The second kappa shape index (κ2) is 6.79. The third-order valence-corrected chi connectivity index (χ3v) is 5.65. The van der Waals surface area contributed by atoms with E-state index in [1.165, 1.54) is 77.2 Å². The van der Waals surface area contributed by atoms with E-state index >= 15 is 0 Å². The maximum atomic E-state index is 6.18. The Labute approximate surface area is 125 Å². The van der Waals surface area contributed by atoms with Gasteiger partial charge in [-0.25, -0.2) is 0 Å². The molecule has 2 atom stereocenters. The molecule has 1 heterocycles. The van der Waals surface area contributed by atoms with Crippen LogP contribution in [0.25, 0.3) is 0 Å². The van der Waals surface area contributed by atoms with Gasteiger partial charge in [0.15, 0.2) is 0 Å². The van der Waals surface area contributed by atoms with Gasteiger partial charge >= 0.3 is 0 Å². The molecule has 20 heavy (non-hydrogen) atoms. The fourth-order valence-corrected chi connectivity index (χ4v) is 4.00. The van der Waals surface area contributed by atoms with E-state index < -0.39 is 0 Å². The van der Waals surface area contributed by atoms with Crippen molar-refractivity contribution < 1.29 is 4.74 Å². The Kier molecular flexibility index (Phi) is 5.04. The molecule has 0 aromatic carbocycles. The fraction of sp³-hybridized carbons (Fsp3) is 1.00. The summed E-state index contributed by atoms with van der Waals surface area (Å²) in [6.45, 7) is 4.55. The van der Waals surface area contributed by atoms with Crippen LogP contribution < -0.4 is 5.32 Å². The Bertz CT molecular complexity index is 298. The molecule has 0 radical (unpaired) electrons. The third-order valence-electron chi connectivity index (χ3n) is 5.65. The molecule has 2 saturated carbocycles. The maximum absolute atomic E-state index is 6.18. The standard InChI is InChI=1S/C18H33NO/c1-2-3-4-5-6-11-18(14-19-16-9-10-16)12-13-20-17(18)15-7-8-15/h15-17,19H,2-14H2,1H3. The van der Waals surface area contributed by atoms with E-state index in [0.717, 1.165) is 18.6 Å². The van der Waals surface area contributed by atoms with Crippen molar-refractivity contribution >= 4 is 0 Å². The smallest absolute Gasteiger partial charge is 0.0672 e. The molecule has 0 spiro atoms. The summed E-state index contributed by atoms with van der Waals surface area (Å²) >= 11 is 0. The van der Waals surface area contributed by atoms with Gasteiger partial charge in [-0.3, -0.25) is 0 Å². The van der Waals surface area contributed by atoms with Crippen LogP contribution in [0, 0.1) is 11.3 Å². The van der Waals surface area contributed by atoms with Crippen molar-refractivity contribution in [1.82, 2.24) is 5.32 Å². The van der Waals surface area contributed by atoms with Crippen molar-refractivity contribution in [2.24, 2.45) is 11.3 Å². The first-order valence-corrected chi connectivity index (χ1v) is 9.19. The zero-order valence-corrected chi connectivity index (χ0v) is 13.3. The van der Waals surface area contributed by atoms with Crippen molar-refractivity contribution in [3.05, 3.63) is 0 Å². The normalized spacial score (nSPS) is 33.8. The molecule has 2 nitrogen and oxygen atoms in total. The first-order valence-electron chi connectivity index (χ1n) is 9.19. The lowest BCUT2D eigenvalue weighted by Gasteiger charge is -2.35. The Balaban J connectivity index is 1.51. The van der Waals surface area contributed by atoms with Crippen LogP contribution in [0.3, 0.4) is 0 Å². The highest BCUT2D eigenvalue weighted by Gasteiger charge is 2.50. The van der Waals surface area contributed by atoms with Gasteiger partial charge in [0.05, 0.1) is 6.10 Å². The minimum atomic E-state index is 0.482. The summed E-state index contributed by atoms with van der Waals surface area (Å²) in [4.78, 5) is 0. The topological polar surface area (TPSA) is 21.3 Å². The van der Waals surface area contributed by atoms with Gasteiger partial charge in [0.25, 0.3) is 0 Å². The second-order valence-electron chi connectivity index (χ2n) is 7.56. The van der Waals surface area contributed by atoms with Gasteiger partial charge in [-0.15, -0.1) is 0 Å². The number of rotatable bonds is 10. The van der Waals surface area contributed by atoms with Crippen molar-refractivity contribution in [1.29, 1.82) is 0 Å². The molecule has 1 N–H and O–H groups in total. The first-order chi connectivity index (χ1) is 9.84. The molecular formula is C18H33NO. The highest BCUT2D eigenvalue weighted by atomic mass is 16.5. The molecular weight excluding hydrogens is 246 g/mol. The molecule has 116 valence electrons. The predicted octanol–water partition coefficient (Wildman–Crippen LogP) is 4.28. The molecule has 3 rings (SSSR count). The van der Waals surface area contributed by atoms with Gasteiger partial charge in [0.1, 0.15) is 0 Å². The van der Waals surface area contributed by atoms with Crippen LogP contribution in [0.4, 0.5) is 0 Å². The Hall–Kier alpha value is -0.0800. The van der Waals surface area contributed by atoms with Crippen LogP contribution in [-0.2, 0) is 4.74 Å². The summed E-state index contributed by atoms with van der Waals surface area (Å²) < 4.78 is 6.18. The Morgan fingerprint density at radius 1 is 1.05 bits per heavy atom. The van der Waals surface area contributed by atoms with Crippen LogP contribution in [0.15, 0.2) is 0 Å². The summed E-state index contributed by atoms with van der Waals surface area (Å²) in [6, 6.07) is 0.840. The summed E-state index contributed by atoms with van der Waals surface area (Å²) in [6.07, 6.45) is 16.0. The molecule has 2 aliphatic carbocycles. The van der Waals surface area contributed by atoms with Crippen LogP contribution >= 0.6 is 0 Å². The highest BCUT2D eigenvalue weighted by Crippen LogP contribution is 2.50. The minimum absolute atomic E-state index is 0.482. The van der Waals surface area contributed by atoms with E-state index in [2.05, 4.69) is 12.2 Å². The fourth-order valence-electron chi connectivity index (χ4n) is 4.00. The Morgan fingerprint density at radius 2 is 1.85 bits per heavy atom. The molecule has 1 saturated heterocycles. The highest BCUT2D eigenvalue weighted by molar-refractivity contribution is 5.01. The van der Waals surface area contributed by atoms with Crippen molar-refractivity contribution in [2.45, 2.75) is 89.7 Å². The molecule has 0 aromatic heterocycles. The zero-order chi connectivity index (χ0) is 13.8. The van der Waals surface area contributed by atoms with Crippen molar-refractivity contribution in [3.8, 4) is 0 Å². The molecule has 2 unspecified atom stereocenters. The number of hydrogen-bond donors (Lipinski definition) is 1. The molecule has 2 heteroatoms. The lowest BCUT2D eigenvalue weighted by Crippen LogP contribution is -2.42. The number of unbranched alkanes of at least 4 members (excludes halogenated alkanes) is 4. The van der Waals surface area contributed by atoms with Gasteiger partial charge in [0, 0.05) is 24.6 Å².